The topological polar surface area (TPSA) is 81.1 Å². The average molecular weight is 273 g/mol. The maximum absolute atomic E-state index is 11.1. The minimum atomic E-state index is -0.523. The van der Waals surface area contributed by atoms with E-state index in [4.69, 9.17) is 11.5 Å². The van der Waals surface area contributed by atoms with Gasteiger partial charge in [-0.15, -0.1) is 0 Å². The quantitative estimate of drug-likeness (QED) is 0.739. The van der Waals surface area contributed by atoms with E-state index in [1.165, 1.54) is 18.4 Å². The van der Waals surface area contributed by atoms with Crippen LogP contribution >= 0.6 is 0 Å². The number of carbonyl (C=O) groups excluding carboxylic acids is 1. The summed E-state index contributed by atoms with van der Waals surface area (Å²) >= 11 is 0. The van der Waals surface area contributed by atoms with Gasteiger partial charge in [-0.3, -0.25) is 0 Å². The number of carbonyl (C=O) groups is 1. The molecule has 1 aliphatic carbocycles. The molecular weight excluding hydrogens is 250 g/mol. The zero-order chi connectivity index (χ0) is 14.8. The highest BCUT2D eigenvalue weighted by Crippen LogP contribution is 2.33. The van der Waals surface area contributed by atoms with Gasteiger partial charge < -0.3 is 16.8 Å². The van der Waals surface area contributed by atoms with Crippen molar-refractivity contribution in [3.63, 3.8) is 0 Å². The molecule has 0 aliphatic heterocycles. The lowest BCUT2D eigenvalue weighted by atomic mass is 9.87. The third-order valence-electron chi connectivity index (χ3n) is 3.85. The Bertz CT molecular complexity index is 547. The molecule has 0 saturated carbocycles. The number of allylic oxidation sites excluding steroid dienone is 2. The fraction of sp³-hybridized carbons (Fsp3) is 0.438. The number of nitrogens with two attached hydrogens (primary N) is 2. The molecule has 0 spiro atoms. The molecule has 5 N–H and O–H groups in total. The Morgan fingerprint density at radius 1 is 1.30 bits per heavy atom. The standard InChI is InChI=1S/C16H23N3O/c1-16(2,19-15(18)20)12-8-9-14(17)13(10-12)11-6-4-3-5-7-11/h6,8-10H,3-5,7,17H2,1-2H3,(H3,18,19,20). The second kappa shape index (κ2) is 5.57. The zero-order valence-electron chi connectivity index (χ0n) is 12.2. The molecule has 0 unspecified atom stereocenters. The molecule has 108 valence electrons. The maximum Gasteiger partial charge on any atom is 0.312 e. The first-order valence-corrected chi connectivity index (χ1v) is 7.07. The molecule has 0 radical (unpaired) electrons. The Kier molecular flexibility index (Phi) is 4.02. The van der Waals surface area contributed by atoms with Gasteiger partial charge in [-0.25, -0.2) is 4.79 Å². The number of rotatable bonds is 3. The summed E-state index contributed by atoms with van der Waals surface area (Å²) in [5.74, 6) is 0. The van der Waals surface area contributed by atoms with Crippen molar-refractivity contribution >= 4 is 17.3 Å². The van der Waals surface area contributed by atoms with E-state index in [9.17, 15) is 4.79 Å². The van der Waals surface area contributed by atoms with Crippen LogP contribution in [-0.2, 0) is 5.54 Å². The minimum absolute atomic E-state index is 0.510. The van der Waals surface area contributed by atoms with Gasteiger partial charge in [0.2, 0.25) is 0 Å². The van der Waals surface area contributed by atoms with Crippen molar-refractivity contribution < 1.29 is 4.79 Å². The predicted molar refractivity (Wildman–Crippen MR) is 83.0 cm³/mol. The Balaban J connectivity index is 2.37. The fourth-order valence-electron chi connectivity index (χ4n) is 2.69. The second-order valence-corrected chi connectivity index (χ2v) is 5.89. The highest BCUT2D eigenvalue weighted by atomic mass is 16.2. The number of nitrogen functional groups attached to an aromatic ring is 1. The van der Waals surface area contributed by atoms with Gasteiger partial charge >= 0.3 is 6.03 Å². The van der Waals surface area contributed by atoms with Crippen molar-refractivity contribution in [1.82, 2.24) is 5.32 Å². The van der Waals surface area contributed by atoms with E-state index < -0.39 is 11.6 Å². The number of urea groups is 1. The monoisotopic (exact) mass is 273 g/mol. The van der Waals surface area contributed by atoms with Crippen molar-refractivity contribution in [3.05, 3.63) is 35.4 Å². The van der Waals surface area contributed by atoms with Crippen LogP contribution in [0.4, 0.5) is 10.5 Å². The molecular formula is C16H23N3O. The molecule has 20 heavy (non-hydrogen) atoms. The first-order valence-electron chi connectivity index (χ1n) is 7.07. The summed E-state index contributed by atoms with van der Waals surface area (Å²) in [6.07, 6.45) is 6.91. The van der Waals surface area contributed by atoms with Crippen LogP contribution in [-0.4, -0.2) is 6.03 Å². The van der Waals surface area contributed by atoms with Gasteiger partial charge in [-0.05, 0) is 62.8 Å². The molecule has 1 aromatic rings. The number of primary amides is 1. The maximum atomic E-state index is 11.1. The van der Waals surface area contributed by atoms with Crippen LogP contribution in [0.3, 0.4) is 0 Å². The highest BCUT2D eigenvalue weighted by Gasteiger charge is 2.23. The highest BCUT2D eigenvalue weighted by molar-refractivity contribution is 5.77. The van der Waals surface area contributed by atoms with Crippen molar-refractivity contribution in [2.75, 3.05) is 5.73 Å². The smallest absolute Gasteiger partial charge is 0.312 e. The number of hydrogen-bond donors (Lipinski definition) is 3. The number of hydrogen-bond acceptors (Lipinski definition) is 2. The molecule has 0 bridgehead atoms. The first-order chi connectivity index (χ1) is 9.40. The van der Waals surface area contributed by atoms with E-state index in [2.05, 4.69) is 17.5 Å². The first kappa shape index (κ1) is 14.4. The summed E-state index contributed by atoms with van der Waals surface area (Å²) in [5.41, 5.74) is 15.0. The van der Waals surface area contributed by atoms with Crippen LogP contribution in [0.15, 0.2) is 24.3 Å². The van der Waals surface area contributed by atoms with Crippen LogP contribution in [0.2, 0.25) is 0 Å². The van der Waals surface area contributed by atoms with Crippen LogP contribution in [0, 0.1) is 0 Å². The molecule has 0 heterocycles. The number of amides is 2. The number of anilines is 1. The molecule has 1 aromatic carbocycles. The lowest BCUT2D eigenvalue weighted by molar-refractivity contribution is 0.238. The molecule has 2 rings (SSSR count). The number of benzene rings is 1. The van der Waals surface area contributed by atoms with Crippen molar-refractivity contribution in [2.24, 2.45) is 5.73 Å². The van der Waals surface area contributed by atoms with Crippen LogP contribution in [0.1, 0.15) is 50.7 Å². The lowest BCUT2D eigenvalue weighted by Gasteiger charge is -2.27. The summed E-state index contributed by atoms with van der Waals surface area (Å²) in [5, 5.41) is 2.76. The van der Waals surface area contributed by atoms with Crippen LogP contribution in [0.5, 0.6) is 0 Å². The van der Waals surface area contributed by atoms with Crippen molar-refractivity contribution in [3.8, 4) is 0 Å². The molecule has 0 fully saturated rings. The van der Waals surface area contributed by atoms with E-state index in [0.29, 0.717) is 0 Å². The normalized spacial score (nSPS) is 15.6. The van der Waals surface area contributed by atoms with Crippen molar-refractivity contribution in [1.29, 1.82) is 0 Å². The van der Waals surface area contributed by atoms with E-state index in [1.807, 2.05) is 26.0 Å². The molecule has 0 aromatic heterocycles. The summed E-state index contributed by atoms with van der Waals surface area (Å²) in [6, 6.07) is 5.40. The Labute approximate surface area is 120 Å². The third kappa shape index (κ3) is 3.13. The summed E-state index contributed by atoms with van der Waals surface area (Å²) < 4.78 is 0. The molecule has 4 heteroatoms. The van der Waals surface area contributed by atoms with E-state index in [1.54, 1.807) is 0 Å². The van der Waals surface area contributed by atoms with E-state index in [-0.39, 0.29) is 0 Å². The zero-order valence-corrected chi connectivity index (χ0v) is 12.2. The Hall–Kier alpha value is -1.97. The third-order valence-corrected chi connectivity index (χ3v) is 3.85. The van der Waals surface area contributed by atoms with E-state index in [0.717, 1.165) is 29.7 Å². The lowest BCUT2D eigenvalue weighted by Crippen LogP contribution is -2.44. The molecule has 2 amide bonds. The van der Waals surface area contributed by atoms with Gasteiger partial charge in [0.05, 0.1) is 5.54 Å². The van der Waals surface area contributed by atoms with Gasteiger partial charge in [0.1, 0.15) is 0 Å². The van der Waals surface area contributed by atoms with Gasteiger partial charge in [0.15, 0.2) is 0 Å². The largest absolute Gasteiger partial charge is 0.398 e. The van der Waals surface area contributed by atoms with Gasteiger partial charge in [-0.1, -0.05) is 12.1 Å². The summed E-state index contributed by atoms with van der Waals surface area (Å²) in [4.78, 5) is 11.1. The number of nitrogens with one attached hydrogen (secondary N) is 1. The van der Waals surface area contributed by atoms with Crippen LogP contribution < -0.4 is 16.8 Å². The van der Waals surface area contributed by atoms with Gasteiger partial charge in [0.25, 0.3) is 0 Å². The van der Waals surface area contributed by atoms with E-state index >= 15 is 0 Å². The molecule has 0 saturated heterocycles. The Morgan fingerprint density at radius 2 is 2.05 bits per heavy atom. The average Bonchev–Trinajstić information content (AvgIpc) is 2.38. The van der Waals surface area contributed by atoms with Gasteiger partial charge in [0, 0.05) is 11.3 Å². The second-order valence-electron chi connectivity index (χ2n) is 5.89. The Morgan fingerprint density at radius 3 is 2.65 bits per heavy atom. The molecule has 4 nitrogen and oxygen atoms in total. The minimum Gasteiger partial charge on any atom is -0.398 e. The summed E-state index contributed by atoms with van der Waals surface area (Å²) in [7, 11) is 0. The molecule has 0 atom stereocenters. The predicted octanol–water partition coefficient (Wildman–Crippen LogP) is 3.13. The van der Waals surface area contributed by atoms with Gasteiger partial charge in [-0.2, -0.15) is 0 Å². The fourth-order valence-corrected chi connectivity index (χ4v) is 2.69. The van der Waals surface area contributed by atoms with Crippen molar-refractivity contribution in [2.45, 2.75) is 45.1 Å². The molecule has 1 aliphatic rings. The SMILES string of the molecule is CC(C)(NC(N)=O)c1ccc(N)c(C2=CCCCC2)c1. The summed E-state index contributed by atoms with van der Waals surface area (Å²) in [6.45, 7) is 3.87. The van der Waals surface area contributed by atoms with Crippen LogP contribution in [0.25, 0.3) is 5.57 Å².